The Hall–Kier alpha value is -2.45. The number of hydrogen-bond donors (Lipinski definition) is 0. The van der Waals surface area contributed by atoms with E-state index in [0.717, 1.165) is 16.0 Å². The van der Waals surface area contributed by atoms with Gasteiger partial charge in [-0.15, -0.1) is 10.2 Å². The van der Waals surface area contributed by atoms with Crippen LogP contribution in [0.4, 0.5) is 8.78 Å². The lowest BCUT2D eigenvalue weighted by atomic mass is 9.99. The van der Waals surface area contributed by atoms with E-state index < -0.39 is 11.6 Å². The van der Waals surface area contributed by atoms with E-state index in [0.29, 0.717) is 17.9 Å². The van der Waals surface area contributed by atoms with E-state index in [1.165, 1.54) is 18.2 Å². The van der Waals surface area contributed by atoms with Crippen LogP contribution in [0, 0.1) is 11.6 Å². The SMILES string of the molecule is CN(C)Cc1nnc2n1-c1ccc(Br)cc1C(c1c(F)cccc1F)=NC2. The van der Waals surface area contributed by atoms with Gasteiger partial charge in [0, 0.05) is 10.0 Å². The van der Waals surface area contributed by atoms with Gasteiger partial charge < -0.3 is 4.90 Å². The second kappa shape index (κ2) is 6.94. The molecule has 0 unspecified atom stereocenters. The van der Waals surface area contributed by atoms with Crippen molar-refractivity contribution in [3.8, 4) is 5.69 Å². The monoisotopic (exact) mass is 431 g/mol. The van der Waals surface area contributed by atoms with Crippen molar-refractivity contribution in [2.75, 3.05) is 14.1 Å². The molecule has 0 atom stereocenters. The standard InChI is InChI=1S/C19H16BrF2N5/c1-26(2)10-17-25-24-16-9-23-19(18-13(21)4-3-5-14(18)22)12-8-11(20)6-7-15(12)27(16)17/h3-8H,9-10H2,1-2H3. The maximum atomic E-state index is 14.5. The van der Waals surface area contributed by atoms with Crippen molar-refractivity contribution >= 4 is 21.6 Å². The summed E-state index contributed by atoms with van der Waals surface area (Å²) in [5.41, 5.74) is 1.49. The maximum Gasteiger partial charge on any atom is 0.159 e. The van der Waals surface area contributed by atoms with Crippen LogP contribution in [-0.2, 0) is 13.1 Å². The summed E-state index contributed by atoms with van der Waals surface area (Å²) >= 11 is 3.45. The van der Waals surface area contributed by atoms with E-state index in [2.05, 4.69) is 31.1 Å². The van der Waals surface area contributed by atoms with Gasteiger partial charge in [0.1, 0.15) is 18.2 Å². The number of rotatable bonds is 3. The van der Waals surface area contributed by atoms with Crippen LogP contribution < -0.4 is 0 Å². The molecule has 0 spiro atoms. The first-order valence-electron chi connectivity index (χ1n) is 8.32. The molecule has 0 radical (unpaired) electrons. The molecule has 0 aliphatic carbocycles. The van der Waals surface area contributed by atoms with Gasteiger partial charge in [-0.25, -0.2) is 8.78 Å². The zero-order valence-corrected chi connectivity index (χ0v) is 16.3. The number of aromatic nitrogens is 3. The normalized spacial score (nSPS) is 13.2. The van der Waals surface area contributed by atoms with Gasteiger partial charge in [0.2, 0.25) is 0 Å². The third kappa shape index (κ3) is 3.19. The Balaban J connectivity index is 1.98. The van der Waals surface area contributed by atoms with Crippen LogP contribution in [0.2, 0.25) is 0 Å². The second-order valence-electron chi connectivity index (χ2n) is 6.53. The lowest BCUT2D eigenvalue weighted by Crippen LogP contribution is -2.17. The molecule has 8 heteroatoms. The number of benzene rings is 2. The number of nitrogens with zero attached hydrogens (tertiary/aromatic N) is 5. The predicted molar refractivity (Wildman–Crippen MR) is 102 cm³/mol. The van der Waals surface area contributed by atoms with Crippen LogP contribution in [0.15, 0.2) is 45.9 Å². The quantitative estimate of drug-likeness (QED) is 0.634. The Morgan fingerprint density at radius 2 is 1.85 bits per heavy atom. The summed E-state index contributed by atoms with van der Waals surface area (Å²) in [4.78, 5) is 6.50. The van der Waals surface area contributed by atoms with Crippen LogP contribution in [0.1, 0.15) is 22.8 Å². The van der Waals surface area contributed by atoms with E-state index in [1.807, 2.05) is 41.8 Å². The topological polar surface area (TPSA) is 46.3 Å². The lowest BCUT2D eigenvalue weighted by molar-refractivity contribution is 0.387. The van der Waals surface area contributed by atoms with Crippen LogP contribution in [0.5, 0.6) is 0 Å². The van der Waals surface area contributed by atoms with Gasteiger partial charge >= 0.3 is 0 Å². The summed E-state index contributed by atoms with van der Waals surface area (Å²) in [7, 11) is 3.88. The third-order valence-corrected chi connectivity index (χ3v) is 4.78. The van der Waals surface area contributed by atoms with Gasteiger partial charge in [0.15, 0.2) is 11.6 Å². The Labute approximate surface area is 163 Å². The van der Waals surface area contributed by atoms with Crippen molar-refractivity contribution in [2.24, 2.45) is 4.99 Å². The summed E-state index contributed by atoms with van der Waals surface area (Å²) < 4.78 is 31.7. The Bertz CT molecular complexity index is 1040. The molecule has 27 heavy (non-hydrogen) atoms. The zero-order chi connectivity index (χ0) is 19.1. The third-order valence-electron chi connectivity index (χ3n) is 4.29. The van der Waals surface area contributed by atoms with E-state index in [-0.39, 0.29) is 17.8 Å². The van der Waals surface area contributed by atoms with Crippen LogP contribution in [0.25, 0.3) is 5.69 Å². The smallest absolute Gasteiger partial charge is 0.159 e. The number of aliphatic imine (C=N–C) groups is 1. The van der Waals surface area contributed by atoms with Crippen LogP contribution in [-0.4, -0.2) is 39.5 Å². The highest BCUT2D eigenvalue weighted by molar-refractivity contribution is 9.10. The highest BCUT2D eigenvalue weighted by atomic mass is 79.9. The van der Waals surface area contributed by atoms with Crippen LogP contribution >= 0.6 is 15.9 Å². The first kappa shape index (κ1) is 17.9. The van der Waals surface area contributed by atoms with Crippen molar-refractivity contribution in [1.82, 2.24) is 19.7 Å². The molecule has 1 aromatic heterocycles. The first-order valence-corrected chi connectivity index (χ1v) is 9.12. The molecular formula is C19H16BrF2N5. The fourth-order valence-electron chi connectivity index (χ4n) is 3.19. The fourth-order valence-corrected chi connectivity index (χ4v) is 3.55. The van der Waals surface area contributed by atoms with Gasteiger partial charge in [0.05, 0.1) is 23.5 Å². The maximum absolute atomic E-state index is 14.5. The molecule has 1 aliphatic heterocycles. The largest absolute Gasteiger partial charge is 0.302 e. The molecule has 1 aliphatic rings. The minimum Gasteiger partial charge on any atom is -0.302 e. The van der Waals surface area contributed by atoms with Gasteiger partial charge in [-0.1, -0.05) is 22.0 Å². The minimum atomic E-state index is -0.647. The molecule has 0 N–H and O–H groups in total. The first-order chi connectivity index (χ1) is 13.0. The molecule has 4 rings (SSSR count). The van der Waals surface area contributed by atoms with Gasteiger partial charge in [-0.3, -0.25) is 9.56 Å². The number of halogens is 3. The van der Waals surface area contributed by atoms with Crippen molar-refractivity contribution in [1.29, 1.82) is 0 Å². The van der Waals surface area contributed by atoms with E-state index in [9.17, 15) is 8.78 Å². The Morgan fingerprint density at radius 3 is 2.56 bits per heavy atom. The van der Waals surface area contributed by atoms with Gasteiger partial charge in [-0.05, 0) is 44.4 Å². The van der Waals surface area contributed by atoms with Crippen molar-refractivity contribution < 1.29 is 8.78 Å². The Morgan fingerprint density at radius 1 is 1.11 bits per heavy atom. The second-order valence-corrected chi connectivity index (χ2v) is 7.44. The number of fused-ring (bicyclic) bond motifs is 3. The highest BCUT2D eigenvalue weighted by Crippen LogP contribution is 2.30. The molecule has 5 nitrogen and oxygen atoms in total. The van der Waals surface area contributed by atoms with E-state index in [4.69, 9.17) is 0 Å². The summed E-state index contributed by atoms with van der Waals surface area (Å²) in [6.45, 7) is 0.752. The van der Waals surface area contributed by atoms with Gasteiger partial charge in [-0.2, -0.15) is 0 Å². The summed E-state index contributed by atoms with van der Waals surface area (Å²) in [5.74, 6) is 0.0721. The highest BCUT2D eigenvalue weighted by Gasteiger charge is 2.26. The lowest BCUT2D eigenvalue weighted by Gasteiger charge is -2.16. The summed E-state index contributed by atoms with van der Waals surface area (Å²) in [5, 5.41) is 8.52. The van der Waals surface area contributed by atoms with Gasteiger partial charge in [0.25, 0.3) is 0 Å². The van der Waals surface area contributed by atoms with Crippen molar-refractivity contribution in [3.63, 3.8) is 0 Å². The molecule has 2 heterocycles. The molecule has 0 fully saturated rings. The molecule has 0 saturated carbocycles. The Kier molecular flexibility index (Phi) is 4.61. The molecule has 2 aromatic carbocycles. The molecule has 0 amide bonds. The average Bonchev–Trinajstić information content (AvgIpc) is 2.91. The van der Waals surface area contributed by atoms with Crippen molar-refractivity contribution in [2.45, 2.75) is 13.1 Å². The molecular weight excluding hydrogens is 416 g/mol. The minimum absolute atomic E-state index is 0.135. The van der Waals surface area contributed by atoms with Crippen molar-refractivity contribution in [3.05, 3.63) is 75.3 Å². The molecule has 0 bridgehead atoms. The predicted octanol–water partition coefficient (Wildman–Crippen LogP) is 3.72. The molecule has 3 aromatic rings. The molecule has 0 saturated heterocycles. The fraction of sp³-hybridized carbons (Fsp3) is 0.211. The zero-order valence-electron chi connectivity index (χ0n) is 14.7. The number of hydrogen-bond acceptors (Lipinski definition) is 4. The van der Waals surface area contributed by atoms with Crippen LogP contribution in [0.3, 0.4) is 0 Å². The summed E-state index contributed by atoms with van der Waals surface area (Å²) in [6.07, 6.45) is 0. The van der Waals surface area contributed by atoms with E-state index in [1.54, 1.807) is 0 Å². The average molecular weight is 432 g/mol. The van der Waals surface area contributed by atoms with E-state index >= 15 is 0 Å². The summed E-state index contributed by atoms with van der Waals surface area (Å²) in [6, 6.07) is 9.39. The molecule has 138 valence electrons.